The minimum absolute atomic E-state index is 0.538. The van der Waals surface area contributed by atoms with Crippen LogP contribution in [0.15, 0.2) is 41.5 Å². The second kappa shape index (κ2) is 11.2. The van der Waals surface area contributed by atoms with Gasteiger partial charge >= 0.3 is 0 Å². The molecule has 0 bridgehead atoms. The fourth-order valence-electron chi connectivity index (χ4n) is 2.57. The molecule has 2 rings (SSSR count). The molecule has 146 valence electrons. The summed E-state index contributed by atoms with van der Waals surface area (Å²) in [6.45, 7) is 9.15. The lowest BCUT2D eigenvalue weighted by Crippen LogP contribution is -2.36. The third-order valence-electron chi connectivity index (χ3n) is 4.12. The van der Waals surface area contributed by atoms with Crippen LogP contribution < -0.4 is 15.4 Å². The summed E-state index contributed by atoms with van der Waals surface area (Å²) < 4.78 is 11.2. The fraction of sp³-hybridized carbons (Fsp3) is 0.429. The number of hydrogen-bond donors (Lipinski definition) is 2. The van der Waals surface area contributed by atoms with Crippen molar-refractivity contribution >= 4 is 5.96 Å². The first-order chi connectivity index (χ1) is 13.1. The van der Waals surface area contributed by atoms with Crippen molar-refractivity contribution in [2.75, 3.05) is 26.9 Å². The van der Waals surface area contributed by atoms with Crippen LogP contribution in [0.25, 0.3) is 0 Å². The summed E-state index contributed by atoms with van der Waals surface area (Å²) in [6, 6.07) is 10.2. The summed E-state index contributed by atoms with van der Waals surface area (Å²) in [6.07, 6.45) is 1.80. The van der Waals surface area contributed by atoms with Crippen molar-refractivity contribution in [3.8, 4) is 5.75 Å². The first kappa shape index (κ1) is 20.7. The van der Waals surface area contributed by atoms with Crippen LogP contribution >= 0.6 is 0 Å². The van der Waals surface area contributed by atoms with Gasteiger partial charge in [0.2, 0.25) is 0 Å². The largest absolute Gasteiger partial charge is 0.491 e. The monoisotopic (exact) mass is 370 g/mol. The van der Waals surface area contributed by atoms with E-state index < -0.39 is 0 Å². The molecule has 0 atom stereocenters. The van der Waals surface area contributed by atoms with Crippen LogP contribution in [-0.4, -0.2) is 37.8 Å². The molecular weight excluding hydrogens is 340 g/mol. The van der Waals surface area contributed by atoms with Crippen LogP contribution in [0.2, 0.25) is 0 Å². The minimum Gasteiger partial charge on any atom is -0.491 e. The molecule has 0 aliphatic rings. The average molecular weight is 370 g/mol. The van der Waals surface area contributed by atoms with Crippen molar-refractivity contribution in [1.29, 1.82) is 0 Å². The maximum absolute atomic E-state index is 5.90. The van der Waals surface area contributed by atoms with Gasteiger partial charge in [-0.1, -0.05) is 18.2 Å². The van der Waals surface area contributed by atoms with E-state index in [0.717, 1.165) is 28.5 Å². The molecule has 6 heteroatoms. The van der Waals surface area contributed by atoms with Gasteiger partial charge in [0.05, 0.1) is 18.8 Å². The number of aromatic nitrogens is 1. The van der Waals surface area contributed by atoms with Gasteiger partial charge in [0, 0.05) is 32.0 Å². The number of nitrogens with zero attached hydrogens (tertiary/aromatic N) is 2. The smallest absolute Gasteiger partial charge is 0.191 e. The van der Waals surface area contributed by atoms with E-state index in [9.17, 15) is 0 Å². The molecule has 0 aliphatic carbocycles. The van der Waals surface area contributed by atoms with Crippen molar-refractivity contribution in [2.45, 2.75) is 33.9 Å². The number of hydrogen-bond acceptors (Lipinski definition) is 4. The Hall–Kier alpha value is -2.60. The van der Waals surface area contributed by atoms with Crippen LogP contribution in [0.3, 0.4) is 0 Å². The van der Waals surface area contributed by atoms with Crippen LogP contribution in [0.4, 0.5) is 0 Å². The zero-order valence-electron chi connectivity index (χ0n) is 16.7. The minimum atomic E-state index is 0.538. The van der Waals surface area contributed by atoms with Crippen LogP contribution in [0.1, 0.15) is 29.3 Å². The molecule has 0 radical (unpaired) electrons. The zero-order valence-corrected chi connectivity index (χ0v) is 16.7. The number of pyridine rings is 1. The highest BCUT2D eigenvalue weighted by Gasteiger charge is 2.07. The lowest BCUT2D eigenvalue weighted by Gasteiger charge is -2.16. The topological polar surface area (TPSA) is 67.8 Å². The Bertz CT molecular complexity index is 747. The highest BCUT2D eigenvalue weighted by molar-refractivity contribution is 5.79. The summed E-state index contributed by atoms with van der Waals surface area (Å²) in [7, 11) is 1.76. The Labute approximate surface area is 162 Å². The number of nitrogens with one attached hydrogen (secondary N) is 2. The van der Waals surface area contributed by atoms with Gasteiger partial charge < -0.3 is 20.1 Å². The van der Waals surface area contributed by atoms with Gasteiger partial charge in [-0.2, -0.15) is 0 Å². The van der Waals surface area contributed by atoms with Crippen LogP contribution in [-0.2, 0) is 17.8 Å². The highest BCUT2D eigenvalue weighted by Crippen LogP contribution is 2.20. The molecule has 0 fully saturated rings. The first-order valence-electron chi connectivity index (χ1n) is 9.29. The molecule has 0 spiro atoms. The predicted octanol–water partition coefficient (Wildman–Crippen LogP) is 2.98. The molecule has 1 aromatic heterocycles. The summed E-state index contributed by atoms with van der Waals surface area (Å²) >= 11 is 0. The van der Waals surface area contributed by atoms with E-state index in [1.165, 1.54) is 5.56 Å². The van der Waals surface area contributed by atoms with Gasteiger partial charge in [0.15, 0.2) is 5.96 Å². The quantitative estimate of drug-likeness (QED) is 0.403. The number of rotatable bonds is 9. The Morgan fingerprint density at radius 3 is 2.67 bits per heavy atom. The molecule has 6 nitrogen and oxygen atoms in total. The molecule has 0 saturated carbocycles. The maximum Gasteiger partial charge on any atom is 0.191 e. The van der Waals surface area contributed by atoms with E-state index in [2.05, 4.69) is 58.7 Å². The number of benzene rings is 1. The van der Waals surface area contributed by atoms with Crippen molar-refractivity contribution in [1.82, 2.24) is 15.6 Å². The second-order valence-electron chi connectivity index (χ2n) is 6.20. The fourth-order valence-corrected chi connectivity index (χ4v) is 2.57. The molecule has 0 saturated heterocycles. The van der Waals surface area contributed by atoms with E-state index in [-0.39, 0.29) is 0 Å². The third-order valence-corrected chi connectivity index (χ3v) is 4.12. The van der Waals surface area contributed by atoms with Gasteiger partial charge in [-0.15, -0.1) is 0 Å². The maximum atomic E-state index is 5.90. The predicted molar refractivity (Wildman–Crippen MR) is 109 cm³/mol. The standard InChI is InChI=1S/C21H30N4O2/c1-5-26-11-12-27-20-13-16(2)8-9-18(20)14-24-21(22-4)25-15-19-17(3)7-6-10-23-19/h6-10,13H,5,11-12,14-15H2,1-4H3,(H2,22,24,25). The first-order valence-corrected chi connectivity index (χ1v) is 9.29. The number of aryl methyl sites for hydroxylation is 2. The van der Waals surface area contributed by atoms with E-state index in [1.807, 2.05) is 13.0 Å². The van der Waals surface area contributed by atoms with E-state index in [4.69, 9.17) is 9.47 Å². The summed E-state index contributed by atoms with van der Waals surface area (Å²) in [5, 5.41) is 6.64. The summed E-state index contributed by atoms with van der Waals surface area (Å²) in [5.74, 6) is 1.60. The van der Waals surface area contributed by atoms with E-state index >= 15 is 0 Å². The van der Waals surface area contributed by atoms with Crippen molar-refractivity contribution in [2.24, 2.45) is 4.99 Å². The molecule has 1 aromatic carbocycles. The van der Waals surface area contributed by atoms with Gasteiger partial charge in [-0.25, -0.2) is 0 Å². The van der Waals surface area contributed by atoms with Crippen molar-refractivity contribution in [3.05, 3.63) is 58.9 Å². The molecule has 0 amide bonds. The van der Waals surface area contributed by atoms with E-state index in [1.54, 1.807) is 13.2 Å². The molecule has 27 heavy (non-hydrogen) atoms. The third kappa shape index (κ3) is 6.90. The Morgan fingerprint density at radius 2 is 1.93 bits per heavy atom. The average Bonchev–Trinajstić information content (AvgIpc) is 2.68. The summed E-state index contributed by atoms with van der Waals surface area (Å²) in [5.41, 5.74) is 4.41. The van der Waals surface area contributed by atoms with Crippen LogP contribution in [0.5, 0.6) is 5.75 Å². The van der Waals surface area contributed by atoms with Gasteiger partial charge in [-0.05, 0) is 44.0 Å². The Morgan fingerprint density at radius 1 is 1.11 bits per heavy atom. The number of guanidine groups is 1. The number of aliphatic imine (C=N–C) groups is 1. The molecule has 2 N–H and O–H groups in total. The molecule has 0 unspecified atom stereocenters. The summed E-state index contributed by atoms with van der Waals surface area (Å²) in [4.78, 5) is 8.69. The SMILES string of the molecule is CCOCCOc1cc(C)ccc1CNC(=NC)NCc1ncccc1C. The lowest BCUT2D eigenvalue weighted by molar-refractivity contribution is 0.110. The van der Waals surface area contributed by atoms with Gasteiger partial charge in [-0.3, -0.25) is 9.98 Å². The van der Waals surface area contributed by atoms with Crippen molar-refractivity contribution in [3.63, 3.8) is 0 Å². The Kier molecular flexibility index (Phi) is 8.58. The molecule has 0 aliphatic heterocycles. The van der Waals surface area contributed by atoms with Gasteiger partial charge in [0.25, 0.3) is 0 Å². The Balaban J connectivity index is 1.92. The van der Waals surface area contributed by atoms with Crippen molar-refractivity contribution < 1.29 is 9.47 Å². The molecule has 1 heterocycles. The highest BCUT2D eigenvalue weighted by atomic mass is 16.5. The second-order valence-corrected chi connectivity index (χ2v) is 6.20. The van der Waals surface area contributed by atoms with Crippen LogP contribution in [0, 0.1) is 13.8 Å². The lowest BCUT2D eigenvalue weighted by atomic mass is 10.1. The number of ether oxygens (including phenoxy) is 2. The van der Waals surface area contributed by atoms with E-state index in [0.29, 0.717) is 32.9 Å². The normalized spacial score (nSPS) is 11.3. The molecular formula is C21H30N4O2. The zero-order chi connectivity index (χ0) is 19.5. The molecule has 2 aromatic rings. The van der Waals surface area contributed by atoms with Gasteiger partial charge in [0.1, 0.15) is 12.4 Å².